The van der Waals surface area contributed by atoms with Crippen LogP contribution in [-0.4, -0.2) is 18.3 Å². The van der Waals surface area contributed by atoms with Gasteiger partial charge < -0.3 is 20.6 Å². The largest absolute Gasteiger partial charge is 0.489 e. The molecule has 3 aromatic rings. The number of benzene rings is 3. The van der Waals surface area contributed by atoms with E-state index in [1.165, 1.54) is 0 Å². The second-order valence-corrected chi connectivity index (χ2v) is 6.89. The van der Waals surface area contributed by atoms with Gasteiger partial charge in [0.15, 0.2) is 12.4 Å². The Balaban J connectivity index is 1.42. The monoisotopic (exact) mass is 423 g/mol. The maximum absolute atomic E-state index is 11.9. The quantitative estimate of drug-likeness (QED) is 0.311. The number of carbonyl (C=O) groups is 1. The van der Waals surface area contributed by atoms with Crippen molar-refractivity contribution in [3.05, 3.63) is 101 Å². The van der Waals surface area contributed by atoms with Gasteiger partial charge in [0, 0.05) is 17.1 Å². The molecule has 0 saturated heterocycles. The van der Waals surface area contributed by atoms with Crippen molar-refractivity contribution in [3.8, 4) is 5.75 Å². The summed E-state index contributed by atoms with van der Waals surface area (Å²) in [5.74, 6) is 0.583. The van der Waals surface area contributed by atoms with Gasteiger partial charge in [-0.3, -0.25) is 4.79 Å². The standard InChI is InChI=1S/C23H22ClN3O3/c24-20-8-4-7-18(13-20)14-26-22(28)16-30-27-23(25)19-9-11-21(12-10-19)29-15-17-5-2-1-3-6-17/h1-13H,14-16H2,(H2,25,27)(H,26,28). The van der Waals surface area contributed by atoms with E-state index in [1.807, 2.05) is 42.5 Å². The molecule has 0 fully saturated rings. The number of amidine groups is 1. The summed E-state index contributed by atoms with van der Waals surface area (Å²) in [6, 6.07) is 24.3. The average Bonchev–Trinajstić information content (AvgIpc) is 2.77. The van der Waals surface area contributed by atoms with Gasteiger partial charge in [-0.05, 0) is 47.5 Å². The van der Waals surface area contributed by atoms with Crippen LogP contribution in [0.1, 0.15) is 16.7 Å². The third kappa shape index (κ3) is 6.83. The predicted molar refractivity (Wildman–Crippen MR) is 117 cm³/mol. The summed E-state index contributed by atoms with van der Waals surface area (Å²) in [6.07, 6.45) is 0. The van der Waals surface area contributed by atoms with Crippen LogP contribution in [0.3, 0.4) is 0 Å². The van der Waals surface area contributed by atoms with E-state index in [1.54, 1.807) is 36.4 Å². The van der Waals surface area contributed by atoms with Crippen LogP contribution in [0.15, 0.2) is 84.0 Å². The van der Waals surface area contributed by atoms with E-state index in [0.717, 1.165) is 16.9 Å². The molecule has 30 heavy (non-hydrogen) atoms. The molecule has 0 aliphatic rings. The fourth-order valence-corrected chi connectivity index (χ4v) is 2.79. The Bertz CT molecular complexity index is 992. The summed E-state index contributed by atoms with van der Waals surface area (Å²) < 4.78 is 5.74. The Morgan fingerprint density at radius 3 is 2.43 bits per heavy atom. The van der Waals surface area contributed by atoms with Crippen LogP contribution < -0.4 is 15.8 Å². The number of nitrogens with one attached hydrogen (secondary N) is 1. The second-order valence-electron chi connectivity index (χ2n) is 6.46. The van der Waals surface area contributed by atoms with Crippen molar-refractivity contribution in [3.63, 3.8) is 0 Å². The molecule has 0 saturated carbocycles. The van der Waals surface area contributed by atoms with Gasteiger partial charge >= 0.3 is 0 Å². The lowest BCUT2D eigenvalue weighted by Crippen LogP contribution is -2.27. The van der Waals surface area contributed by atoms with E-state index in [0.29, 0.717) is 23.7 Å². The topological polar surface area (TPSA) is 85.9 Å². The SMILES string of the molecule is N/C(=N/OCC(=O)NCc1cccc(Cl)c1)c1ccc(OCc2ccccc2)cc1. The van der Waals surface area contributed by atoms with Crippen molar-refractivity contribution in [1.29, 1.82) is 0 Å². The molecule has 0 unspecified atom stereocenters. The average molecular weight is 424 g/mol. The molecule has 0 atom stereocenters. The molecule has 3 N–H and O–H groups in total. The second kappa shape index (κ2) is 10.9. The van der Waals surface area contributed by atoms with Gasteiger partial charge in [-0.25, -0.2) is 0 Å². The number of hydrogen-bond acceptors (Lipinski definition) is 4. The number of carbonyl (C=O) groups excluding carboxylic acids is 1. The van der Waals surface area contributed by atoms with E-state index in [2.05, 4.69) is 10.5 Å². The molecular weight excluding hydrogens is 402 g/mol. The molecule has 0 bridgehead atoms. The van der Waals surface area contributed by atoms with Crippen LogP contribution in [0.4, 0.5) is 0 Å². The number of nitrogens with zero attached hydrogens (tertiary/aromatic N) is 1. The molecule has 3 aromatic carbocycles. The number of nitrogens with two attached hydrogens (primary N) is 1. The normalized spacial score (nSPS) is 11.0. The highest BCUT2D eigenvalue weighted by Crippen LogP contribution is 2.14. The van der Waals surface area contributed by atoms with Gasteiger partial charge in [0.2, 0.25) is 0 Å². The molecule has 0 spiro atoms. The predicted octanol–water partition coefficient (Wildman–Crippen LogP) is 3.87. The van der Waals surface area contributed by atoms with Crippen molar-refractivity contribution in [1.82, 2.24) is 5.32 Å². The fraction of sp³-hybridized carbons (Fsp3) is 0.130. The number of oxime groups is 1. The molecule has 0 aliphatic carbocycles. The molecule has 0 aliphatic heterocycles. The van der Waals surface area contributed by atoms with Crippen LogP contribution in [0.2, 0.25) is 5.02 Å². The van der Waals surface area contributed by atoms with Gasteiger partial charge in [0.1, 0.15) is 12.4 Å². The highest BCUT2D eigenvalue weighted by Gasteiger charge is 2.04. The van der Waals surface area contributed by atoms with Crippen LogP contribution >= 0.6 is 11.6 Å². The number of ether oxygens (including phenoxy) is 1. The van der Waals surface area contributed by atoms with Crippen molar-refractivity contribution in [2.24, 2.45) is 10.9 Å². The molecule has 154 valence electrons. The zero-order valence-corrected chi connectivity index (χ0v) is 17.0. The Morgan fingerprint density at radius 1 is 0.967 bits per heavy atom. The van der Waals surface area contributed by atoms with E-state index < -0.39 is 0 Å². The van der Waals surface area contributed by atoms with Gasteiger partial charge in [-0.1, -0.05) is 59.2 Å². The summed E-state index contributed by atoms with van der Waals surface area (Å²) in [7, 11) is 0. The third-order valence-corrected chi connectivity index (χ3v) is 4.37. The highest BCUT2D eigenvalue weighted by molar-refractivity contribution is 6.30. The highest BCUT2D eigenvalue weighted by atomic mass is 35.5. The Labute approximate surface area is 180 Å². The number of amides is 1. The Hall–Kier alpha value is -3.51. The smallest absolute Gasteiger partial charge is 0.261 e. The van der Waals surface area contributed by atoms with Crippen LogP contribution in [0, 0.1) is 0 Å². The zero-order valence-electron chi connectivity index (χ0n) is 16.3. The van der Waals surface area contributed by atoms with Crippen LogP contribution in [0.5, 0.6) is 5.75 Å². The van der Waals surface area contributed by atoms with Crippen molar-refractivity contribution >= 4 is 23.3 Å². The summed E-state index contributed by atoms with van der Waals surface area (Å²) >= 11 is 5.92. The van der Waals surface area contributed by atoms with Gasteiger partial charge in [-0.2, -0.15) is 0 Å². The van der Waals surface area contributed by atoms with Gasteiger partial charge in [0.25, 0.3) is 5.91 Å². The first-order chi connectivity index (χ1) is 14.6. The number of halogens is 1. The molecule has 3 rings (SSSR count). The minimum atomic E-state index is -0.309. The lowest BCUT2D eigenvalue weighted by Gasteiger charge is -2.08. The minimum absolute atomic E-state index is 0.173. The van der Waals surface area contributed by atoms with Crippen LogP contribution in [-0.2, 0) is 22.8 Å². The molecular formula is C23H22ClN3O3. The van der Waals surface area contributed by atoms with E-state index in [-0.39, 0.29) is 18.3 Å². The fourth-order valence-electron chi connectivity index (χ4n) is 2.57. The first-order valence-electron chi connectivity index (χ1n) is 9.34. The lowest BCUT2D eigenvalue weighted by atomic mass is 10.2. The molecule has 0 heterocycles. The minimum Gasteiger partial charge on any atom is -0.489 e. The van der Waals surface area contributed by atoms with E-state index in [4.69, 9.17) is 26.9 Å². The summed E-state index contributed by atoms with van der Waals surface area (Å²) in [6.45, 7) is 0.600. The molecule has 6 nitrogen and oxygen atoms in total. The maximum Gasteiger partial charge on any atom is 0.261 e. The first kappa shape index (κ1) is 21.2. The maximum atomic E-state index is 11.9. The Morgan fingerprint density at radius 2 is 1.70 bits per heavy atom. The van der Waals surface area contributed by atoms with Crippen molar-refractivity contribution in [2.75, 3.05) is 6.61 Å². The van der Waals surface area contributed by atoms with Crippen LogP contribution in [0.25, 0.3) is 0 Å². The van der Waals surface area contributed by atoms with Crippen molar-refractivity contribution in [2.45, 2.75) is 13.2 Å². The Kier molecular flexibility index (Phi) is 7.69. The van der Waals surface area contributed by atoms with Gasteiger partial charge in [-0.15, -0.1) is 0 Å². The molecule has 0 radical (unpaired) electrons. The lowest BCUT2D eigenvalue weighted by molar-refractivity contribution is -0.125. The first-order valence-corrected chi connectivity index (χ1v) is 9.72. The summed E-state index contributed by atoms with van der Waals surface area (Å²) in [4.78, 5) is 16.9. The van der Waals surface area contributed by atoms with E-state index >= 15 is 0 Å². The third-order valence-electron chi connectivity index (χ3n) is 4.14. The molecule has 7 heteroatoms. The summed E-state index contributed by atoms with van der Waals surface area (Å²) in [5.41, 5.74) is 8.57. The molecule has 1 amide bonds. The van der Waals surface area contributed by atoms with Crippen molar-refractivity contribution < 1.29 is 14.4 Å². The van der Waals surface area contributed by atoms with Gasteiger partial charge in [0.05, 0.1) is 0 Å². The number of rotatable bonds is 9. The summed E-state index contributed by atoms with van der Waals surface area (Å²) in [5, 5.41) is 7.14. The molecule has 0 aromatic heterocycles. The zero-order chi connectivity index (χ0) is 21.2. The van der Waals surface area contributed by atoms with E-state index in [9.17, 15) is 4.79 Å². The number of hydrogen-bond donors (Lipinski definition) is 2.